The fraction of sp³-hybridized carbons (Fsp3) is 0.158. The molecule has 0 fully saturated rings. The molecule has 0 spiro atoms. The Kier molecular flexibility index (Phi) is 4.76. The van der Waals surface area contributed by atoms with Crippen LogP contribution in [0.2, 0.25) is 5.02 Å². The van der Waals surface area contributed by atoms with E-state index in [4.69, 9.17) is 16.3 Å². The molecule has 1 N–H and O–H groups in total. The highest BCUT2D eigenvalue weighted by Crippen LogP contribution is 2.24. The van der Waals surface area contributed by atoms with Gasteiger partial charge in [-0.2, -0.15) is 0 Å². The second-order valence-electron chi connectivity index (χ2n) is 5.60. The number of nitrogens with one attached hydrogen (secondary N) is 1. The van der Waals surface area contributed by atoms with Crippen LogP contribution in [0.5, 0.6) is 5.75 Å². The zero-order chi connectivity index (χ0) is 18.0. The molecule has 0 aliphatic rings. The summed E-state index contributed by atoms with van der Waals surface area (Å²) < 4.78 is 6.65. The maximum Gasteiger partial charge on any atom is 0.280 e. The van der Waals surface area contributed by atoms with Gasteiger partial charge in [-0.1, -0.05) is 23.7 Å². The average Bonchev–Trinajstić information content (AvgIpc) is 2.91. The van der Waals surface area contributed by atoms with Crippen LogP contribution in [0.15, 0.2) is 58.3 Å². The number of aromatic amines is 1. The molecular formula is C19H18ClN3O2. The number of rotatable bonds is 4. The van der Waals surface area contributed by atoms with Gasteiger partial charge < -0.3 is 4.74 Å². The van der Waals surface area contributed by atoms with E-state index < -0.39 is 0 Å². The van der Waals surface area contributed by atoms with Crippen LogP contribution in [0.3, 0.4) is 0 Å². The van der Waals surface area contributed by atoms with Gasteiger partial charge in [0.25, 0.3) is 5.56 Å². The molecule has 0 amide bonds. The van der Waals surface area contributed by atoms with E-state index >= 15 is 0 Å². The molecular weight excluding hydrogens is 338 g/mol. The lowest BCUT2D eigenvalue weighted by Crippen LogP contribution is -2.19. The Morgan fingerprint density at radius 3 is 2.48 bits per heavy atom. The standard InChI is InChI=1S/C19H18ClN3O2/c1-12(21-17-7-5-4-6-16(17)20)18-13(2)22-23(19(18)24)14-8-10-15(25-3)11-9-14/h4-11,22H,1-3H3. The van der Waals surface area contributed by atoms with Crippen LogP contribution in [0.25, 0.3) is 5.69 Å². The van der Waals surface area contributed by atoms with Crippen molar-refractivity contribution in [3.05, 3.63) is 75.2 Å². The summed E-state index contributed by atoms with van der Waals surface area (Å²) in [6, 6.07) is 14.5. The number of aryl methyl sites for hydroxylation is 1. The first-order valence-corrected chi connectivity index (χ1v) is 8.15. The third-order valence-corrected chi connectivity index (χ3v) is 4.22. The number of benzene rings is 2. The van der Waals surface area contributed by atoms with Gasteiger partial charge >= 0.3 is 0 Å². The number of methoxy groups -OCH3 is 1. The number of nitrogens with zero attached hydrogens (tertiary/aromatic N) is 2. The molecule has 0 bridgehead atoms. The first-order valence-electron chi connectivity index (χ1n) is 7.77. The second-order valence-corrected chi connectivity index (χ2v) is 6.01. The van der Waals surface area contributed by atoms with Crippen LogP contribution < -0.4 is 10.3 Å². The summed E-state index contributed by atoms with van der Waals surface area (Å²) >= 11 is 6.15. The van der Waals surface area contributed by atoms with Crippen LogP contribution in [0.1, 0.15) is 18.2 Å². The number of halogens is 1. The van der Waals surface area contributed by atoms with Gasteiger partial charge in [-0.15, -0.1) is 0 Å². The van der Waals surface area contributed by atoms with Gasteiger partial charge in [0.1, 0.15) is 5.75 Å². The monoisotopic (exact) mass is 355 g/mol. The molecule has 1 aromatic heterocycles. The quantitative estimate of drug-likeness (QED) is 0.710. The largest absolute Gasteiger partial charge is 0.497 e. The van der Waals surface area contributed by atoms with E-state index in [2.05, 4.69) is 10.1 Å². The van der Waals surface area contributed by atoms with Gasteiger partial charge in [-0.3, -0.25) is 14.9 Å². The van der Waals surface area contributed by atoms with Gasteiger partial charge in [-0.05, 0) is 50.2 Å². The van der Waals surface area contributed by atoms with Gasteiger partial charge in [0, 0.05) is 5.69 Å². The van der Waals surface area contributed by atoms with Gasteiger partial charge in [0.15, 0.2) is 0 Å². The lowest BCUT2D eigenvalue weighted by Gasteiger charge is -2.03. The van der Waals surface area contributed by atoms with Gasteiger partial charge in [-0.25, -0.2) is 4.68 Å². The summed E-state index contributed by atoms with van der Waals surface area (Å²) in [6.07, 6.45) is 0. The van der Waals surface area contributed by atoms with Crippen molar-refractivity contribution in [1.82, 2.24) is 9.78 Å². The first-order chi connectivity index (χ1) is 12.0. The molecule has 3 rings (SSSR count). The third kappa shape index (κ3) is 3.37. The Morgan fingerprint density at radius 1 is 1.16 bits per heavy atom. The van der Waals surface area contributed by atoms with E-state index in [1.807, 2.05) is 49.4 Å². The van der Waals surface area contributed by atoms with Crippen molar-refractivity contribution in [2.75, 3.05) is 7.11 Å². The van der Waals surface area contributed by atoms with Crippen LogP contribution in [-0.4, -0.2) is 22.6 Å². The van der Waals surface area contributed by atoms with E-state index in [1.54, 1.807) is 20.1 Å². The van der Waals surface area contributed by atoms with Gasteiger partial charge in [0.05, 0.1) is 34.8 Å². The number of H-pyrrole nitrogens is 1. The second kappa shape index (κ2) is 6.99. The maximum atomic E-state index is 12.8. The Balaban J connectivity index is 2.05. The molecule has 0 unspecified atom stereocenters. The molecule has 25 heavy (non-hydrogen) atoms. The first kappa shape index (κ1) is 17.0. The van der Waals surface area contributed by atoms with Crippen LogP contribution >= 0.6 is 11.6 Å². The molecule has 5 nitrogen and oxygen atoms in total. The normalized spacial score (nSPS) is 11.6. The number of aromatic nitrogens is 2. The molecule has 6 heteroatoms. The van der Waals surface area contributed by atoms with Gasteiger partial charge in [0.2, 0.25) is 0 Å². The zero-order valence-corrected chi connectivity index (χ0v) is 15.0. The fourth-order valence-corrected chi connectivity index (χ4v) is 2.84. The summed E-state index contributed by atoms with van der Waals surface area (Å²) in [7, 11) is 1.60. The average molecular weight is 356 g/mol. The highest BCUT2D eigenvalue weighted by atomic mass is 35.5. The van der Waals surface area contributed by atoms with Crippen molar-refractivity contribution in [1.29, 1.82) is 0 Å². The number of hydrogen-bond acceptors (Lipinski definition) is 3. The highest BCUT2D eigenvalue weighted by Gasteiger charge is 2.15. The van der Waals surface area contributed by atoms with E-state index in [9.17, 15) is 4.79 Å². The molecule has 0 aliphatic carbocycles. The topological polar surface area (TPSA) is 59.4 Å². The molecule has 1 heterocycles. The molecule has 0 aliphatic heterocycles. The smallest absolute Gasteiger partial charge is 0.280 e. The predicted octanol–water partition coefficient (Wildman–Crippen LogP) is 4.28. The van der Waals surface area contributed by atoms with E-state index in [-0.39, 0.29) is 5.56 Å². The lowest BCUT2D eigenvalue weighted by molar-refractivity contribution is 0.414. The van der Waals surface area contributed by atoms with Crippen LogP contribution in [0, 0.1) is 6.92 Å². The predicted molar refractivity (Wildman–Crippen MR) is 101 cm³/mol. The summed E-state index contributed by atoms with van der Waals surface area (Å²) in [5.74, 6) is 0.733. The molecule has 0 saturated carbocycles. The molecule has 0 radical (unpaired) electrons. The number of ether oxygens (including phenoxy) is 1. The van der Waals surface area contributed by atoms with E-state index in [0.717, 1.165) is 17.1 Å². The number of para-hydroxylation sites is 1. The number of aliphatic imine (C=N–C) groups is 1. The molecule has 2 aromatic carbocycles. The molecule has 128 valence electrons. The molecule has 0 atom stereocenters. The lowest BCUT2D eigenvalue weighted by atomic mass is 10.1. The number of hydrogen-bond donors (Lipinski definition) is 1. The third-order valence-electron chi connectivity index (χ3n) is 3.90. The van der Waals surface area contributed by atoms with Crippen molar-refractivity contribution < 1.29 is 4.74 Å². The Labute approximate surface area is 150 Å². The summed E-state index contributed by atoms with van der Waals surface area (Å²) in [5, 5.41) is 3.64. The Morgan fingerprint density at radius 2 is 1.84 bits per heavy atom. The minimum absolute atomic E-state index is 0.157. The van der Waals surface area contributed by atoms with Crippen molar-refractivity contribution in [3.8, 4) is 11.4 Å². The molecule has 3 aromatic rings. The SMILES string of the molecule is COc1ccc(-n2[nH]c(C)c(C(C)=Nc3ccccc3Cl)c2=O)cc1. The summed E-state index contributed by atoms with van der Waals surface area (Å²) in [5.41, 5.74) is 3.10. The minimum Gasteiger partial charge on any atom is -0.497 e. The highest BCUT2D eigenvalue weighted by molar-refractivity contribution is 6.33. The Hall–Kier alpha value is -2.79. The van der Waals surface area contributed by atoms with Crippen molar-refractivity contribution in [3.63, 3.8) is 0 Å². The maximum absolute atomic E-state index is 12.8. The van der Waals surface area contributed by atoms with Crippen molar-refractivity contribution in [2.45, 2.75) is 13.8 Å². The van der Waals surface area contributed by atoms with Crippen LogP contribution in [0.4, 0.5) is 5.69 Å². The van der Waals surface area contributed by atoms with Crippen LogP contribution in [-0.2, 0) is 0 Å². The summed E-state index contributed by atoms with van der Waals surface area (Å²) in [4.78, 5) is 17.4. The van der Waals surface area contributed by atoms with Crippen molar-refractivity contribution in [2.24, 2.45) is 4.99 Å². The van der Waals surface area contributed by atoms with Crippen molar-refractivity contribution >= 4 is 23.0 Å². The van der Waals surface area contributed by atoms with E-state index in [1.165, 1.54) is 4.68 Å². The zero-order valence-electron chi connectivity index (χ0n) is 14.2. The fourth-order valence-electron chi connectivity index (χ4n) is 2.66. The summed E-state index contributed by atoms with van der Waals surface area (Å²) in [6.45, 7) is 3.65. The Bertz CT molecular complexity index is 985. The van der Waals surface area contributed by atoms with E-state index in [0.29, 0.717) is 22.0 Å². The minimum atomic E-state index is -0.157. The molecule has 0 saturated heterocycles.